The van der Waals surface area contributed by atoms with Crippen molar-refractivity contribution >= 4 is 35.3 Å². The molecule has 1 atom stereocenters. The lowest BCUT2D eigenvalue weighted by Gasteiger charge is -2.32. The fourth-order valence-corrected chi connectivity index (χ4v) is 10.5. The van der Waals surface area contributed by atoms with E-state index in [0.29, 0.717) is 0 Å². The Labute approximate surface area is 347 Å². The first-order valence-electron chi connectivity index (χ1n) is 20.5. The van der Waals surface area contributed by atoms with E-state index in [4.69, 9.17) is 0 Å². The van der Waals surface area contributed by atoms with Crippen LogP contribution in [0, 0.1) is 0 Å². The summed E-state index contributed by atoms with van der Waals surface area (Å²) < 4.78 is 0. The molecule has 0 bridgehead atoms. The molecule has 1 unspecified atom stereocenters. The van der Waals surface area contributed by atoms with Crippen LogP contribution in [0.5, 0.6) is 0 Å². The molecule has 280 valence electrons. The predicted molar refractivity (Wildman–Crippen MR) is 251 cm³/mol. The SMILES string of the molecule is C=Cc1ccc(-c2ccc(N(c3ccc4c(c3)C(C)(C)c3cc(C=C)ccc3-4)c3ccc4c(c3)C3(c5ccccc5-c5cc(C=C)ccc53)c3ccccc3-4)cc2)cc1. The smallest absolute Gasteiger partial charge is 0.0726 e. The van der Waals surface area contributed by atoms with Gasteiger partial charge in [-0.15, -0.1) is 0 Å². The molecule has 8 aromatic carbocycles. The molecule has 1 nitrogen and oxygen atoms in total. The molecule has 1 heteroatoms. The first kappa shape index (κ1) is 35.0. The van der Waals surface area contributed by atoms with Gasteiger partial charge in [-0.2, -0.15) is 0 Å². The van der Waals surface area contributed by atoms with Gasteiger partial charge >= 0.3 is 0 Å². The number of nitrogens with zero attached hydrogens (tertiary/aromatic N) is 1. The van der Waals surface area contributed by atoms with Crippen LogP contribution in [-0.2, 0) is 10.8 Å². The fourth-order valence-electron chi connectivity index (χ4n) is 10.5. The zero-order valence-electron chi connectivity index (χ0n) is 33.5. The molecule has 0 N–H and O–H groups in total. The molecule has 3 aliphatic rings. The lowest BCUT2D eigenvalue weighted by atomic mass is 9.70. The summed E-state index contributed by atoms with van der Waals surface area (Å²) in [6.45, 7) is 16.9. The Hall–Kier alpha value is -7.22. The molecule has 1 spiro atoms. The standard InChI is InChI=1S/C58H43N/c1-6-37-17-21-40(22-18-37)41-23-25-42(26-24-41)59(43-27-30-48-47-29-19-39(8-3)34-54(47)57(4,5)55(48)35-43)44-28-31-49-45-13-9-11-15-51(45)58(56(49)36-44)52-16-12-10-14-46(52)50-33-38(7-2)20-32-53(50)58/h6-36H,1-3H2,4-5H3. The molecule has 59 heavy (non-hydrogen) atoms. The van der Waals surface area contributed by atoms with Crippen LogP contribution in [0.25, 0.3) is 62.7 Å². The van der Waals surface area contributed by atoms with E-state index >= 15 is 0 Å². The van der Waals surface area contributed by atoms with Gasteiger partial charge in [-0.3, -0.25) is 0 Å². The van der Waals surface area contributed by atoms with E-state index < -0.39 is 5.41 Å². The van der Waals surface area contributed by atoms with Crippen LogP contribution < -0.4 is 4.90 Å². The Morgan fingerprint density at radius 3 is 1.41 bits per heavy atom. The summed E-state index contributed by atoms with van der Waals surface area (Å²) in [6.07, 6.45) is 5.79. The Morgan fingerprint density at radius 1 is 0.356 bits per heavy atom. The highest BCUT2D eigenvalue weighted by Crippen LogP contribution is 2.63. The van der Waals surface area contributed by atoms with E-state index in [1.165, 1.54) is 77.9 Å². The maximum atomic E-state index is 4.13. The van der Waals surface area contributed by atoms with E-state index in [1.807, 2.05) is 18.2 Å². The lowest BCUT2D eigenvalue weighted by molar-refractivity contribution is 0.660. The molecule has 8 aromatic rings. The average Bonchev–Trinajstić information content (AvgIpc) is 3.84. The Balaban J connectivity index is 1.13. The van der Waals surface area contributed by atoms with Crippen molar-refractivity contribution in [2.45, 2.75) is 24.7 Å². The number of anilines is 3. The van der Waals surface area contributed by atoms with E-state index in [9.17, 15) is 0 Å². The highest BCUT2D eigenvalue weighted by molar-refractivity contribution is 5.97. The van der Waals surface area contributed by atoms with Crippen molar-refractivity contribution < 1.29 is 0 Å². The van der Waals surface area contributed by atoms with Gasteiger partial charge in [-0.25, -0.2) is 0 Å². The largest absolute Gasteiger partial charge is 0.310 e. The Kier molecular flexibility index (Phi) is 7.65. The zero-order valence-corrected chi connectivity index (χ0v) is 33.5. The maximum absolute atomic E-state index is 4.13. The normalized spacial score (nSPS) is 15.7. The number of fused-ring (bicyclic) bond motifs is 13. The number of hydrogen-bond donors (Lipinski definition) is 0. The fraction of sp³-hybridized carbons (Fsp3) is 0.0690. The first-order chi connectivity index (χ1) is 28.8. The highest BCUT2D eigenvalue weighted by atomic mass is 15.1. The second kappa shape index (κ2) is 12.9. The molecule has 0 saturated heterocycles. The van der Waals surface area contributed by atoms with Gasteiger partial charge in [0.15, 0.2) is 0 Å². The van der Waals surface area contributed by atoms with Crippen molar-refractivity contribution in [3.63, 3.8) is 0 Å². The van der Waals surface area contributed by atoms with Gasteiger partial charge in [-0.05, 0) is 137 Å². The van der Waals surface area contributed by atoms with Crippen LogP contribution in [0.15, 0.2) is 190 Å². The lowest BCUT2D eigenvalue weighted by Crippen LogP contribution is -2.26. The summed E-state index contributed by atoms with van der Waals surface area (Å²) in [7, 11) is 0. The Bertz CT molecular complexity index is 3070. The van der Waals surface area contributed by atoms with Crippen molar-refractivity contribution in [1.82, 2.24) is 0 Å². The van der Waals surface area contributed by atoms with E-state index in [1.54, 1.807) is 0 Å². The third-order valence-corrected chi connectivity index (χ3v) is 13.4. The highest BCUT2D eigenvalue weighted by Gasteiger charge is 2.51. The van der Waals surface area contributed by atoms with Gasteiger partial charge in [0.05, 0.1) is 5.41 Å². The van der Waals surface area contributed by atoms with Crippen LogP contribution >= 0.6 is 0 Å². The van der Waals surface area contributed by atoms with Crippen molar-refractivity contribution in [3.05, 3.63) is 240 Å². The van der Waals surface area contributed by atoms with Gasteiger partial charge in [0.2, 0.25) is 0 Å². The zero-order chi connectivity index (χ0) is 40.0. The minimum atomic E-state index is -0.467. The first-order valence-corrected chi connectivity index (χ1v) is 20.5. The summed E-state index contributed by atoms with van der Waals surface area (Å²) in [4.78, 5) is 2.46. The van der Waals surface area contributed by atoms with Crippen molar-refractivity contribution in [2.24, 2.45) is 0 Å². The molecule has 0 saturated carbocycles. The molecule has 0 fully saturated rings. The summed E-state index contributed by atoms with van der Waals surface area (Å²) in [5.41, 5.74) is 24.1. The summed E-state index contributed by atoms with van der Waals surface area (Å²) in [5, 5.41) is 0. The predicted octanol–water partition coefficient (Wildman–Crippen LogP) is 15.4. The van der Waals surface area contributed by atoms with Crippen LogP contribution in [0.4, 0.5) is 17.1 Å². The third-order valence-electron chi connectivity index (χ3n) is 13.4. The maximum Gasteiger partial charge on any atom is 0.0726 e. The van der Waals surface area contributed by atoms with Crippen LogP contribution in [0.2, 0.25) is 0 Å². The minimum Gasteiger partial charge on any atom is -0.310 e. The summed E-state index contributed by atoms with van der Waals surface area (Å²) in [5.74, 6) is 0. The Morgan fingerprint density at radius 2 is 0.780 bits per heavy atom. The van der Waals surface area contributed by atoms with Gasteiger partial charge in [0.25, 0.3) is 0 Å². The van der Waals surface area contributed by atoms with E-state index in [2.05, 4.69) is 208 Å². The van der Waals surface area contributed by atoms with Gasteiger partial charge < -0.3 is 4.90 Å². The number of benzene rings is 8. The van der Waals surface area contributed by atoms with Gasteiger partial charge in [0, 0.05) is 22.5 Å². The monoisotopic (exact) mass is 753 g/mol. The van der Waals surface area contributed by atoms with E-state index in [-0.39, 0.29) is 5.41 Å². The molecule has 0 radical (unpaired) electrons. The number of rotatable bonds is 7. The van der Waals surface area contributed by atoms with Crippen LogP contribution in [-0.4, -0.2) is 0 Å². The third kappa shape index (κ3) is 4.92. The van der Waals surface area contributed by atoms with Gasteiger partial charge in [0.1, 0.15) is 0 Å². The summed E-state index contributed by atoms with van der Waals surface area (Å²) >= 11 is 0. The van der Waals surface area contributed by atoms with Crippen molar-refractivity contribution in [2.75, 3.05) is 4.90 Å². The van der Waals surface area contributed by atoms with Gasteiger partial charge in [-0.1, -0.05) is 179 Å². The molecule has 0 aromatic heterocycles. The van der Waals surface area contributed by atoms with Crippen LogP contribution in [0.3, 0.4) is 0 Å². The molecule has 11 rings (SSSR count). The summed E-state index contributed by atoms with van der Waals surface area (Å²) in [6, 6.07) is 63.6. The second-order valence-electron chi connectivity index (χ2n) is 16.7. The van der Waals surface area contributed by atoms with Crippen molar-refractivity contribution in [1.29, 1.82) is 0 Å². The molecular weight excluding hydrogens is 711 g/mol. The molecular formula is C58H43N. The number of hydrogen-bond acceptors (Lipinski definition) is 1. The van der Waals surface area contributed by atoms with E-state index in [0.717, 1.165) is 33.8 Å². The van der Waals surface area contributed by atoms with Crippen LogP contribution in [0.1, 0.15) is 63.9 Å². The molecule has 0 aliphatic heterocycles. The molecule has 0 heterocycles. The molecule has 0 amide bonds. The quantitative estimate of drug-likeness (QED) is 0.157. The topological polar surface area (TPSA) is 3.24 Å². The average molecular weight is 754 g/mol. The van der Waals surface area contributed by atoms with Crippen molar-refractivity contribution in [3.8, 4) is 44.5 Å². The second-order valence-corrected chi connectivity index (χ2v) is 16.7. The molecule has 3 aliphatic carbocycles. The minimum absolute atomic E-state index is 0.183.